The van der Waals surface area contributed by atoms with E-state index < -0.39 is 5.97 Å². The number of aromatic nitrogens is 2. The molecule has 2 aliphatic carbocycles. The second kappa shape index (κ2) is 9.08. The molecule has 0 aliphatic heterocycles. The normalized spacial score (nSPS) is 14.8. The summed E-state index contributed by atoms with van der Waals surface area (Å²) in [6, 6.07) is 0. The molecule has 0 unspecified atom stereocenters. The van der Waals surface area contributed by atoms with Crippen LogP contribution in [0.2, 0.25) is 0 Å². The van der Waals surface area contributed by atoms with E-state index in [2.05, 4.69) is 11.9 Å². The number of fused-ring (bicyclic) bond motifs is 4. The molecule has 10 heteroatoms. The highest BCUT2D eigenvalue weighted by Gasteiger charge is 2.27. The van der Waals surface area contributed by atoms with Crippen LogP contribution in [0, 0.1) is 0 Å². The van der Waals surface area contributed by atoms with Gasteiger partial charge in [0.1, 0.15) is 9.83 Å². The van der Waals surface area contributed by atoms with Crippen molar-refractivity contribution in [3.63, 3.8) is 0 Å². The van der Waals surface area contributed by atoms with Crippen LogP contribution >= 0.6 is 34.4 Å². The number of carbonyl (C=O) groups excluding carboxylic acids is 1. The quantitative estimate of drug-likeness (QED) is 0.281. The summed E-state index contributed by atoms with van der Waals surface area (Å²) in [6.07, 6.45) is 8.31. The van der Waals surface area contributed by atoms with Crippen LogP contribution in [0.1, 0.15) is 50.5 Å². The molecule has 0 spiro atoms. The number of thioether (sulfide) groups is 1. The summed E-state index contributed by atoms with van der Waals surface area (Å²) < 4.78 is 1.58. The minimum absolute atomic E-state index is 0.0296. The minimum atomic E-state index is -1.01. The van der Waals surface area contributed by atoms with Gasteiger partial charge in [0.2, 0.25) is 5.91 Å². The number of aryl methyl sites for hydroxylation is 3. The van der Waals surface area contributed by atoms with Crippen molar-refractivity contribution in [2.45, 2.75) is 56.6 Å². The zero-order chi connectivity index (χ0) is 23.1. The van der Waals surface area contributed by atoms with E-state index in [-0.39, 0.29) is 22.8 Å². The number of allylic oxidation sites excluding steroid dienone is 1. The van der Waals surface area contributed by atoms with Crippen molar-refractivity contribution >= 4 is 61.5 Å². The Hall–Kier alpha value is -2.43. The molecular formula is C23H23N3O4S3. The van der Waals surface area contributed by atoms with Crippen LogP contribution in [-0.2, 0) is 37.0 Å². The van der Waals surface area contributed by atoms with Crippen LogP contribution in [0.25, 0.3) is 10.2 Å². The average Bonchev–Trinajstić information content (AvgIpc) is 3.46. The van der Waals surface area contributed by atoms with Gasteiger partial charge in [-0.05, 0) is 56.1 Å². The number of rotatable bonds is 7. The summed E-state index contributed by atoms with van der Waals surface area (Å²) in [5.41, 5.74) is 2.13. The Morgan fingerprint density at radius 2 is 1.85 bits per heavy atom. The molecular weight excluding hydrogens is 478 g/mol. The van der Waals surface area contributed by atoms with Gasteiger partial charge in [0, 0.05) is 16.3 Å². The Morgan fingerprint density at radius 3 is 2.64 bits per heavy atom. The number of hydrogen-bond donors (Lipinski definition) is 2. The molecule has 0 aromatic carbocycles. The zero-order valence-corrected chi connectivity index (χ0v) is 20.4. The largest absolute Gasteiger partial charge is 0.478 e. The van der Waals surface area contributed by atoms with E-state index in [0.717, 1.165) is 65.8 Å². The van der Waals surface area contributed by atoms with Crippen molar-refractivity contribution in [3.8, 4) is 0 Å². The third kappa shape index (κ3) is 4.04. The van der Waals surface area contributed by atoms with Gasteiger partial charge in [-0.3, -0.25) is 14.2 Å². The molecule has 3 heterocycles. The zero-order valence-electron chi connectivity index (χ0n) is 17.9. The maximum absolute atomic E-state index is 13.3. The van der Waals surface area contributed by atoms with Gasteiger partial charge in [0.05, 0.1) is 16.7 Å². The highest BCUT2D eigenvalue weighted by atomic mass is 32.2. The first-order chi connectivity index (χ1) is 16.0. The number of carboxylic acids is 1. The summed E-state index contributed by atoms with van der Waals surface area (Å²) in [5, 5.41) is 14.0. The van der Waals surface area contributed by atoms with Crippen LogP contribution in [0.5, 0.6) is 0 Å². The van der Waals surface area contributed by atoms with Gasteiger partial charge in [-0.2, -0.15) is 0 Å². The number of carboxylic acid groups (broad SMARTS) is 1. The molecule has 2 aliphatic rings. The van der Waals surface area contributed by atoms with Gasteiger partial charge >= 0.3 is 5.97 Å². The Morgan fingerprint density at radius 1 is 1.12 bits per heavy atom. The summed E-state index contributed by atoms with van der Waals surface area (Å²) in [5.74, 6) is -1.29. The first-order valence-electron chi connectivity index (χ1n) is 10.9. The van der Waals surface area contributed by atoms with Gasteiger partial charge in [-0.15, -0.1) is 29.3 Å². The maximum Gasteiger partial charge on any atom is 0.339 e. The Kier molecular flexibility index (Phi) is 6.15. The van der Waals surface area contributed by atoms with E-state index in [0.29, 0.717) is 22.1 Å². The Labute approximate surface area is 202 Å². The van der Waals surface area contributed by atoms with Crippen molar-refractivity contribution in [1.29, 1.82) is 0 Å². The van der Waals surface area contributed by atoms with Crippen LogP contribution in [-0.4, -0.2) is 32.3 Å². The lowest BCUT2D eigenvalue weighted by Crippen LogP contribution is -2.24. The number of carbonyl (C=O) groups is 2. The number of nitrogens with zero attached hydrogens (tertiary/aromatic N) is 2. The lowest BCUT2D eigenvalue weighted by atomic mass is 9.97. The number of thiophene rings is 2. The molecule has 172 valence electrons. The Balaban J connectivity index is 1.40. The predicted octanol–water partition coefficient (Wildman–Crippen LogP) is 4.50. The van der Waals surface area contributed by atoms with Gasteiger partial charge in [-0.1, -0.05) is 17.8 Å². The minimum Gasteiger partial charge on any atom is -0.478 e. The molecule has 5 rings (SSSR count). The second-order valence-electron chi connectivity index (χ2n) is 8.19. The van der Waals surface area contributed by atoms with E-state index in [4.69, 9.17) is 4.98 Å². The average molecular weight is 502 g/mol. The molecule has 7 nitrogen and oxygen atoms in total. The number of hydrogen-bond acceptors (Lipinski definition) is 7. The van der Waals surface area contributed by atoms with Crippen LogP contribution < -0.4 is 10.9 Å². The third-order valence-corrected chi connectivity index (χ3v) is 9.44. The lowest BCUT2D eigenvalue weighted by Gasteiger charge is -2.12. The molecule has 3 aromatic rings. The van der Waals surface area contributed by atoms with Crippen molar-refractivity contribution in [3.05, 3.63) is 49.5 Å². The summed E-state index contributed by atoms with van der Waals surface area (Å²) in [7, 11) is 0. The first kappa shape index (κ1) is 22.4. The molecule has 0 radical (unpaired) electrons. The lowest BCUT2D eigenvalue weighted by molar-refractivity contribution is -0.113. The standard InChI is InChI=1S/C23H23N3O4S3/c1-2-10-26-21(28)17-12-6-3-4-8-14(12)32-19(17)25-23(26)31-11-16(27)24-20-18(22(29)30)13-7-5-9-15(13)33-20/h2H,1,3-11H2,(H,24,27)(H,29,30). The molecule has 2 N–H and O–H groups in total. The summed E-state index contributed by atoms with van der Waals surface area (Å²) in [6.45, 7) is 4.08. The summed E-state index contributed by atoms with van der Waals surface area (Å²) >= 11 is 4.13. The van der Waals surface area contributed by atoms with Crippen molar-refractivity contribution < 1.29 is 14.7 Å². The Bertz CT molecular complexity index is 1350. The molecule has 0 bridgehead atoms. The number of anilines is 1. The van der Waals surface area contributed by atoms with E-state index in [9.17, 15) is 19.5 Å². The number of aromatic carboxylic acids is 1. The first-order valence-corrected chi connectivity index (χ1v) is 13.6. The number of amides is 1. The molecule has 0 fully saturated rings. The van der Waals surface area contributed by atoms with Crippen LogP contribution in [0.4, 0.5) is 5.00 Å². The fraction of sp³-hybridized carbons (Fsp3) is 0.391. The molecule has 0 saturated heterocycles. The topological polar surface area (TPSA) is 101 Å². The van der Waals surface area contributed by atoms with Crippen molar-refractivity contribution in [2.75, 3.05) is 11.1 Å². The van der Waals surface area contributed by atoms with Gasteiger partial charge in [-0.25, -0.2) is 9.78 Å². The predicted molar refractivity (Wildman–Crippen MR) is 133 cm³/mol. The molecule has 0 atom stereocenters. The smallest absolute Gasteiger partial charge is 0.339 e. The van der Waals surface area contributed by atoms with Crippen molar-refractivity contribution in [2.24, 2.45) is 0 Å². The van der Waals surface area contributed by atoms with E-state index in [1.54, 1.807) is 22.0 Å². The summed E-state index contributed by atoms with van der Waals surface area (Å²) in [4.78, 5) is 45.6. The fourth-order valence-corrected chi connectivity index (χ4v) is 8.04. The molecule has 3 aromatic heterocycles. The second-order valence-corrected chi connectivity index (χ2v) is 11.3. The monoisotopic (exact) mass is 501 g/mol. The third-order valence-electron chi connectivity index (χ3n) is 6.07. The molecule has 33 heavy (non-hydrogen) atoms. The maximum atomic E-state index is 13.3. The van der Waals surface area contributed by atoms with E-state index in [1.165, 1.54) is 28.0 Å². The highest BCUT2D eigenvalue weighted by molar-refractivity contribution is 7.99. The molecule has 0 saturated carbocycles. The highest BCUT2D eigenvalue weighted by Crippen LogP contribution is 2.39. The van der Waals surface area contributed by atoms with Gasteiger partial charge < -0.3 is 10.4 Å². The van der Waals surface area contributed by atoms with Crippen LogP contribution in [0.3, 0.4) is 0 Å². The molecule has 1 amide bonds. The van der Waals surface area contributed by atoms with Gasteiger partial charge in [0.25, 0.3) is 5.56 Å². The van der Waals surface area contributed by atoms with Crippen molar-refractivity contribution in [1.82, 2.24) is 9.55 Å². The van der Waals surface area contributed by atoms with E-state index in [1.807, 2.05) is 0 Å². The fourth-order valence-electron chi connectivity index (χ4n) is 4.63. The van der Waals surface area contributed by atoms with Gasteiger partial charge in [0.15, 0.2) is 5.16 Å². The number of nitrogens with one attached hydrogen (secondary N) is 1. The SMILES string of the molecule is C=CCn1c(SCC(=O)Nc2sc3c(c2C(=O)O)CCC3)nc2sc3c(c2c1=O)CCCC3. The van der Waals surface area contributed by atoms with Crippen LogP contribution in [0.15, 0.2) is 22.6 Å². The van der Waals surface area contributed by atoms with E-state index >= 15 is 0 Å².